The van der Waals surface area contributed by atoms with Crippen molar-refractivity contribution in [3.8, 4) is 0 Å². The summed E-state index contributed by atoms with van der Waals surface area (Å²) >= 11 is 5.60. The Labute approximate surface area is 162 Å². The Morgan fingerprint density at radius 1 is 1.00 bits per heavy atom. The number of hydrogen-bond donors (Lipinski definition) is 1. The normalized spacial score (nSPS) is 15.4. The topological polar surface area (TPSA) is 18.5 Å². The molecule has 1 aliphatic rings. The molecule has 2 aromatic carbocycles. The van der Waals surface area contributed by atoms with E-state index in [2.05, 4.69) is 83.6 Å². The van der Waals surface area contributed by atoms with Gasteiger partial charge in [0.25, 0.3) is 0 Å². The predicted molar refractivity (Wildman–Crippen MR) is 116 cm³/mol. The quantitative estimate of drug-likeness (QED) is 0.813. The lowest BCUT2D eigenvalue weighted by molar-refractivity contribution is 0.200. The number of thiocarbonyl (C=S) groups is 1. The van der Waals surface area contributed by atoms with Crippen molar-refractivity contribution in [3.63, 3.8) is 0 Å². The molecule has 0 aliphatic carbocycles. The molecular weight excluding hydrogens is 338 g/mol. The van der Waals surface area contributed by atoms with E-state index < -0.39 is 0 Å². The molecule has 0 aromatic heterocycles. The van der Waals surface area contributed by atoms with Crippen LogP contribution in [0.2, 0.25) is 0 Å². The summed E-state index contributed by atoms with van der Waals surface area (Å²) in [6.07, 6.45) is 4.44. The van der Waals surface area contributed by atoms with Gasteiger partial charge in [0.2, 0.25) is 0 Å². The lowest BCUT2D eigenvalue weighted by Crippen LogP contribution is -2.49. The second-order valence-corrected chi connectivity index (χ2v) is 7.22. The molecule has 1 aliphatic heterocycles. The number of benzene rings is 2. The molecule has 0 atom stereocenters. The first-order valence-electron chi connectivity index (χ1n) is 9.19. The third-order valence-electron chi connectivity index (χ3n) is 4.89. The maximum atomic E-state index is 5.60. The third-order valence-corrected chi connectivity index (χ3v) is 5.25. The fraction of sp³-hybridized carbons (Fsp3) is 0.318. The Morgan fingerprint density at radius 2 is 1.73 bits per heavy atom. The molecule has 136 valence electrons. The van der Waals surface area contributed by atoms with E-state index in [1.165, 1.54) is 16.7 Å². The molecule has 2 aromatic rings. The van der Waals surface area contributed by atoms with Crippen molar-refractivity contribution < 1.29 is 0 Å². The van der Waals surface area contributed by atoms with Gasteiger partial charge in [0.15, 0.2) is 5.11 Å². The van der Waals surface area contributed by atoms with Crippen molar-refractivity contribution in [2.45, 2.75) is 13.8 Å². The summed E-state index contributed by atoms with van der Waals surface area (Å²) in [6, 6.07) is 16.8. The largest absolute Gasteiger partial charge is 0.346 e. The summed E-state index contributed by atoms with van der Waals surface area (Å²) in [5.74, 6) is 0. The molecular formula is C22H27N3S. The number of aryl methyl sites for hydroxylation is 2. The molecule has 3 rings (SSSR count). The van der Waals surface area contributed by atoms with Crippen LogP contribution in [0.15, 0.2) is 54.6 Å². The molecule has 1 N–H and O–H groups in total. The minimum Gasteiger partial charge on any atom is -0.346 e. The first kappa shape index (κ1) is 18.6. The molecule has 0 spiro atoms. The van der Waals surface area contributed by atoms with Crippen LogP contribution in [-0.2, 0) is 0 Å². The molecule has 1 saturated heterocycles. The predicted octanol–water partition coefficient (Wildman–Crippen LogP) is 4.33. The van der Waals surface area contributed by atoms with Crippen molar-refractivity contribution >= 4 is 29.1 Å². The number of anilines is 1. The van der Waals surface area contributed by atoms with Crippen LogP contribution in [0.25, 0.3) is 6.08 Å². The molecule has 0 unspecified atom stereocenters. The molecule has 0 radical (unpaired) electrons. The molecule has 0 bridgehead atoms. The van der Waals surface area contributed by atoms with E-state index in [0.717, 1.165) is 43.5 Å². The average molecular weight is 366 g/mol. The maximum absolute atomic E-state index is 5.60. The Bertz CT molecular complexity index is 762. The van der Waals surface area contributed by atoms with Crippen LogP contribution in [0.1, 0.15) is 16.7 Å². The standard InChI is InChI=1S/C22H27N3S/c1-18-10-11-21(17-19(18)2)23-22(26)25-15-13-24(14-16-25)12-6-9-20-7-4-3-5-8-20/h3-11,17H,12-16H2,1-2H3,(H,23,26)/b9-6+. The first-order chi connectivity index (χ1) is 12.6. The van der Waals surface area contributed by atoms with Gasteiger partial charge in [-0.2, -0.15) is 0 Å². The number of piperazine rings is 1. The fourth-order valence-electron chi connectivity index (χ4n) is 3.06. The Balaban J connectivity index is 1.44. The van der Waals surface area contributed by atoms with E-state index in [4.69, 9.17) is 12.2 Å². The smallest absolute Gasteiger partial charge is 0.173 e. The van der Waals surface area contributed by atoms with Crippen molar-refractivity contribution in [2.24, 2.45) is 0 Å². The van der Waals surface area contributed by atoms with Gasteiger partial charge < -0.3 is 10.2 Å². The van der Waals surface area contributed by atoms with Crippen molar-refractivity contribution in [3.05, 3.63) is 71.3 Å². The zero-order chi connectivity index (χ0) is 18.4. The summed E-state index contributed by atoms with van der Waals surface area (Å²) in [5, 5.41) is 4.21. The van der Waals surface area contributed by atoms with Gasteiger partial charge in [-0.1, -0.05) is 48.6 Å². The highest BCUT2D eigenvalue weighted by atomic mass is 32.1. The Kier molecular flexibility index (Phi) is 6.42. The van der Waals surface area contributed by atoms with E-state index in [0.29, 0.717) is 0 Å². The van der Waals surface area contributed by atoms with E-state index in [-0.39, 0.29) is 0 Å². The van der Waals surface area contributed by atoms with E-state index in [9.17, 15) is 0 Å². The lowest BCUT2D eigenvalue weighted by Gasteiger charge is -2.35. The maximum Gasteiger partial charge on any atom is 0.173 e. The Hall–Kier alpha value is -2.17. The molecule has 4 heteroatoms. The third kappa shape index (κ3) is 5.16. The van der Waals surface area contributed by atoms with Gasteiger partial charge in [-0.3, -0.25) is 4.90 Å². The van der Waals surface area contributed by atoms with Gasteiger partial charge in [-0.05, 0) is 54.9 Å². The van der Waals surface area contributed by atoms with Crippen LogP contribution in [0.4, 0.5) is 5.69 Å². The number of nitrogens with zero attached hydrogens (tertiary/aromatic N) is 2. The summed E-state index contributed by atoms with van der Waals surface area (Å²) in [6.45, 7) is 9.25. The Morgan fingerprint density at radius 3 is 2.42 bits per heavy atom. The van der Waals surface area contributed by atoms with Crippen molar-refractivity contribution in [1.82, 2.24) is 9.80 Å². The molecule has 1 fully saturated rings. The zero-order valence-electron chi connectivity index (χ0n) is 15.6. The SMILES string of the molecule is Cc1ccc(NC(=S)N2CCN(C/C=C/c3ccccc3)CC2)cc1C. The van der Waals surface area contributed by atoms with Gasteiger partial charge in [-0.25, -0.2) is 0 Å². The monoisotopic (exact) mass is 365 g/mol. The van der Waals surface area contributed by atoms with Gasteiger partial charge >= 0.3 is 0 Å². The zero-order valence-corrected chi connectivity index (χ0v) is 16.4. The van der Waals surface area contributed by atoms with Crippen LogP contribution in [0, 0.1) is 13.8 Å². The van der Waals surface area contributed by atoms with Crippen LogP contribution >= 0.6 is 12.2 Å². The van der Waals surface area contributed by atoms with E-state index >= 15 is 0 Å². The molecule has 26 heavy (non-hydrogen) atoms. The first-order valence-corrected chi connectivity index (χ1v) is 9.60. The number of nitrogens with one attached hydrogen (secondary N) is 1. The summed E-state index contributed by atoms with van der Waals surface area (Å²) < 4.78 is 0. The second-order valence-electron chi connectivity index (χ2n) is 6.83. The van der Waals surface area contributed by atoms with E-state index in [1.807, 2.05) is 6.07 Å². The van der Waals surface area contributed by atoms with Crippen molar-refractivity contribution in [2.75, 3.05) is 38.0 Å². The van der Waals surface area contributed by atoms with Crippen molar-refractivity contribution in [1.29, 1.82) is 0 Å². The number of hydrogen-bond acceptors (Lipinski definition) is 2. The van der Waals surface area contributed by atoms with Crippen LogP contribution in [0.3, 0.4) is 0 Å². The molecule has 3 nitrogen and oxygen atoms in total. The van der Waals surface area contributed by atoms with E-state index in [1.54, 1.807) is 0 Å². The summed E-state index contributed by atoms with van der Waals surface area (Å²) in [4.78, 5) is 4.73. The highest BCUT2D eigenvalue weighted by molar-refractivity contribution is 7.80. The molecule has 1 heterocycles. The van der Waals surface area contributed by atoms with Gasteiger partial charge in [0.1, 0.15) is 0 Å². The summed E-state index contributed by atoms with van der Waals surface area (Å²) in [7, 11) is 0. The van der Waals surface area contributed by atoms with Gasteiger partial charge in [-0.15, -0.1) is 0 Å². The van der Waals surface area contributed by atoms with Crippen LogP contribution < -0.4 is 5.32 Å². The lowest BCUT2D eigenvalue weighted by atomic mass is 10.1. The van der Waals surface area contributed by atoms with Crippen LogP contribution in [0.5, 0.6) is 0 Å². The minimum atomic E-state index is 0.827. The van der Waals surface area contributed by atoms with Crippen LogP contribution in [-0.4, -0.2) is 47.6 Å². The average Bonchev–Trinajstić information content (AvgIpc) is 2.66. The summed E-state index contributed by atoms with van der Waals surface area (Å²) in [5.41, 5.74) is 4.92. The molecule has 0 saturated carbocycles. The highest BCUT2D eigenvalue weighted by Gasteiger charge is 2.18. The second kappa shape index (κ2) is 8.97. The molecule has 0 amide bonds. The minimum absolute atomic E-state index is 0.827. The van der Waals surface area contributed by atoms with Gasteiger partial charge in [0.05, 0.1) is 0 Å². The highest BCUT2D eigenvalue weighted by Crippen LogP contribution is 2.15. The van der Waals surface area contributed by atoms with Gasteiger partial charge in [0, 0.05) is 38.4 Å². The fourth-order valence-corrected chi connectivity index (χ4v) is 3.36. The number of rotatable bonds is 4.